The van der Waals surface area contributed by atoms with Gasteiger partial charge in [-0.25, -0.2) is 9.97 Å². The van der Waals surface area contributed by atoms with E-state index in [1.54, 1.807) is 0 Å². The van der Waals surface area contributed by atoms with Gasteiger partial charge in [0, 0.05) is 30.3 Å². The molecule has 3 nitrogen and oxygen atoms in total. The van der Waals surface area contributed by atoms with Crippen LogP contribution in [0.5, 0.6) is 0 Å². The molecule has 1 aromatic heterocycles. The van der Waals surface area contributed by atoms with Gasteiger partial charge in [0.2, 0.25) is 0 Å². The number of nitrogens with one attached hydrogen (secondary N) is 1. The fraction of sp³-hybridized carbons (Fsp3) is 0.667. The monoisotopic (exact) mass is 203 g/mol. The highest BCUT2D eigenvalue weighted by atomic mass is 15.0. The number of aromatic nitrogens is 2. The zero-order valence-corrected chi connectivity index (χ0v) is 9.16. The van der Waals surface area contributed by atoms with Gasteiger partial charge in [0.1, 0.15) is 5.82 Å². The smallest absolute Gasteiger partial charge is 0.125 e. The molecule has 2 aliphatic rings. The predicted molar refractivity (Wildman–Crippen MR) is 58.6 cm³/mol. The number of nitrogens with zero attached hydrogens (tertiary/aromatic N) is 2. The van der Waals surface area contributed by atoms with E-state index < -0.39 is 0 Å². The molecular weight excluding hydrogens is 186 g/mol. The third kappa shape index (κ3) is 1.55. The maximum Gasteiger partial charge on any atom is 0.125 e. The van der Waals surface area contributed by atoms with E-state index in [9.17, 15) is 0 Å². The first-order valence-corrected chi connectivity index (χ1v) is 5.90. The molecule has 0 saturated heterocycles. The molecule has 1 saturated carbocycles. The van der Waals surface area contributed by atoms with Crippen molar-refractivity contribution in [3.63, 3.8) is 0 Å². The molecular formula is C12H17N3. The number of aryl methyl sites for hydroxylation is 1. The van der Waals surface area contributed by atoms with E-state index in [1.165, 1.54) is 36.9 Å². The van der Waals surface area contributed by atoms with Crippen LogP contribution in [0, 0.1) is 6.92 Å². The zero-order valence-electron chi connectivity index (χ0n) is 9.16. The Balaban J connectivity index is 2.01. The van der Waals surface area contributed by atoms with Crippen molar-refractivity contribution in [2.75, 3.05) is 0 Å². The predicted octanol–water partition coefficient (Wildman–Crippen LogP) is 1.91. The Kier molecular flexibility index (Phi) is 2.20. The summed E-state index contributed by atoms with van der Waals surface area (Å²) in [5, 5.41) is 3.62. The summed E-state index contributed by atoms with van der Waals surface area (Å²) in [6.07, 6.45) is 7.32. The summed E-state index contributed by atoms with van der Waals surface area (Å²) in [5.74, 6) is 1.56. The number of fused-ring (bicyclic) bond motifs is 3. The Bertz CT molecular complexity index is 375. The van der Waals surface area contributed by atoms with Crippen molar-refractivity contribution in [3.8, 4) is 0 Å². The first-order valence-electron chi connectivity index (χ1n) is 5.90. The Labute approximate surface area is 90.3 Å². The maximum atomic E-state index is 4.65. The summed E-state index contributed by atoms with van der Waals surface area (Å²) >= 11 is 0. The lowest BCUT2D eigenvalue weighted by atomic mass is 9.79. The number of rotatable bonds is 0. The molecule has 1 N–H and O–H groups in total. The van der Waals surface area contributed by atoms with Crippen molar-refractivity contribution >= 4 is 0 Å². The molecule has 1 aliphatic heterocycles. The van der Waals surface area contributed by atoms with Crippen LogP contribution in [-0.2, 0) is 6.54 Å². The van der Waals surface area contributed by atoms with Crippen LogP contribution >= 0.6 is 0 Å². The van der Waals surface area contributed by atoms with Gasteiger partial charge in [-0.2, -0.15) is 0 Å². The molecule has 3 rings (SSSR count). The van der Waals surface area contributed by atoms with Crippen molar-refractivity contribution in [1.29, 1.82) is 0 Å². The third-order valence-electron chi connectivity index (χ3n) is 3.69. The van der Waals surface area contributed by atoms with Crippen LogP contribution in [0.3, 0.4) is 0 Å². The lowest BCUT2D eigenvalue weighted by Crippen LogP contribution is -2.41. The first kappa shape index (κ1) is 9.28. The lowest BCUT2D eigenvalue weighted by Gasteiger charge is -2.36. The standard InChI is InChI=1S/C12H17N3/c1-8-13-6-9-7-14-11-5-3-2-4-10(11)12(9)15-8/h6,10-11,14H,2-5,7H2,1H3/t10-,11+/m0/s1. The number of hydrogen-bond acceptors (Lipinski definition) is 3. The van der Waals surface area contributed by atoms with Crippen LogP contribution in [0.4, 0.5) is 0 Å². The zero-order chi connectivity index (χ0) is 10.3. The lowest BCUT2D eigenvalue weighted by molar-refractivity contribution is 0.301. The molecule has 0 amide bonds. The molecule has 0 bridgehead atoms. The van der Waals surface area contributed by atoms with Crippen molar-refractivity contribution < 1.29 is 0 Å². The highest BCUT2D eigenvalue weighted by Gasteiger charge is 2.32. The summed E-state index contributed by atoms with van der Waals surface area (Å²) in [4.78, 5) is 8.93. The largest absolute Gasteiger partial charge is 0.309 e. The van der Waals surface area contributed by atoms with Crippen molar-refractivity contribution in [2.45, 2.75) is 51.1 Å². The first-order chi connectivity index (χ1) is 7.34. The highest BCUT2D eigenvalue weighted by molar-refractivity contribution is 5.26. The average molecular weight is 203 g/mol. The Hall–Kier alpha value is -0.960. The third-order valence-corrected chi connectivity index (χ3v) is 3.69. The van der Waals surface area contributed by atoms with Crippen molar-refractivity contribution in [2.24, 2.45) is 0 Å². The molecule has 3 heteroatoms. The Morgan fingerprint density at radius 1 is 1.33 bits per heavy atom. The molecule has 0 spiro atoms. The van der Waals surface area contributed by atoms with Crippen molar-refractivity contribution in [3.05, 3.63) is 23.3 Å². The summed E-state index contributed by atoms with van der Waals surface area (Å²) in [5.41, 5.74) is 2.63. The Morgan fingerprint density at radius 2 is 2.20 bits per heavy atom. The van der Waals surface area contributed by atoms with E-state index >= 15 is 0 Å². The molecule has 2 atom stereocenters. The quantitative estimate of drug-likeness (QED) is 0.700. The van der Waals surface area contributed by atoms with Crippen LogP contribution in [-0.4, -0.2) is 16.0 Å². The second-order valence-electron chi connectivity index (χ2n) is 4.71. The minimum Gasteiger partial charge on any atom is -0.309 e. The minimum absolute atomic E-state index is 0.643. The van der Waals surface area contributed by atoms with Gasteiger partial charge in [-0.05, 0) is 19.8 Å². The van der Waals surface area contributed by atoms with Crippen molar-refractivity contribution in [1.82, 2.24) is 15.3 Å². The molecule has 15 heavy (non-hydrogen) atoms. The van der Waals surface area contributed by atoms with E-state index in [4.69, 9.17) is 0 Å². The average Bonchev–Trinajstić information content (AvgIpc) is 2.29. The van der Waals surface area contributed by atoms with E-state index in [-0.39, 0.29) is 0 Å². The summed E-state index contributed by atoms with van der Waals surface area (Å²) < 4.78 is 0. The molecule has 1 fully saturated rings. The molecule has 1 aromatic rings. The van der Waals surface area contributed by atoms with Gasteiger partial charge in [-0.15, -0.1) is 0 Å². The second-order valence-corrected chi connectivity index (χ2v) is 4.71. The maximum absolute atomic E-state index is 4.65. The van der Waals surface area contributed by atoms with Crippen LogP contribution in [0.25, 0.3) is 0 Å². The Morgan fingerprint density at radius 3 is 3.13 bits per heavy atom. The van der Waals surface area contributed by atoms with Gasteiger partial charge in [-0.1, -0.05) is 12.8 Å². The van der Waals surface area contributed by atoms with Crippen LogP contribution < -0.4 is 5.32 Å². The topological polar surface area (TPSA) is 37.8 Å². The van der Waals surface area contributed by atoms with Crippen LogP contribution in [0.1, 0.15) is 48.7 Å². The van der Waals surface area contributed by atoms with E-state index in [0.29, 0.717) is 12.0 Å². The van der Waals surface area contributed by atoms with Crippen LogP contribution in [0.15, 0.2) is 6.20 Å². The number of hydrogen-bond donors (Lipinski definition) is 1. The molecule has 0 radical (unpaired) electrons. The van der Waals surface area contributed by atoms with Gasteiger partial charge in [0.25, 0.3) is 0 Å². The molecule has 2 heterocycles. The highest BCUT2D eigenvalue weighted by Crippen LogP contribution is 2.36. The van der Waals surface area contributed by atoms with Crippen LogP contribution in [0.2, 0.25) is 0 Å². The van der Waals surface area contributed by atoms with Gasteiger partial charge in [0.15, 0.2) is 0 Å². The van der Waals surface area contributed by atoms with Gasteiger partial charge in [0.05, 0.1) is 5.69 Å². The molecule has 0 unspecified atom stereocenters. The van der Waals surface area contributed by atoms with Gasteiger partial charge < -0.3 is 5.32 Å². The van der Waals surface area contributed by atoms with E-state index in [0.717, 1.165) is 12.4 Å². The van der Waals surface area contributed by atoms with Gasteiger partial charge >= 0.3 is 0 Å². The summed E-state index contributed by atoms with van der Waals surface area (Å²) in [6, 6.07) is 0.667. The summed E-state index contributed by atoms with van der Waals surface area (Å²) in [7, 11) is 0. The normalized spacial score (nSPS) is 29.4. The summed E-state index contributed by atoms with van der Waals surface area (Å²) in [6.45, 7) is 2.94. The molecule has 1 aliphatic carbocycles. The SMILES string of the molecule is Cc1ncc2c(n1)[C@H]1CCCC[C@H]1NC2. The molecule has 0 aromatic carbocycles. The van der Waals surface area contributed by atoms with E-state index in [2.05, 4.69) is 15.3 Å². The fourth-order valence-electron chi connectivity index (χ4n) is 2.91. The molecule has 80 valence electrons. The fourth-order valence-corrected chi connectivity index (χ4v) is 2.91. The minimum atomic E-state index is 0.643. The van der Waals surface area contributed by atoms with Gasteiger partial charge in [-0.3, -0.25) is 0 Å². The van der Waals surface area contributed by atoms with E-state index in [1.807, 2.05) is 13.1 Å². The second kappa shape index (κ2) is 3.56.